The highest BCUT2D eigenvalue weighted by atomic mass is 16.4. The van der Waals surface area contributed by atoms with E-state index in [1.54, 1.807) is 6.92 Å². The third kappa shape index (κ3) is 7.25. The van der Waals surface area contributed by atoms with Crippen LogP contribution in [-0.2, 0) is 19.2 Å². The molecule has 120 valence electrons. The van der Waals surface area contributed by atoms with Gasteiger partial charge < -0.3 is 26.6 Å². The Hall–Kier alpha value is -2.16. The van der Waals surface area contributed by atoms with Crippen LogP contribution in [0.4, 0.5) is 0 Å². The molecule has 0 aromatic heterocycles. The maximum absolute atomic E-state index is 11.6. The Balaban J connectivity index is 4.33. The number of carboxylic acids is 2. The summed E-state index contributed by atoms with van der Waals surface area (Å²) in [5, 5.41) is 21.6. The van der Waals surface area contributed by atoms with Crippen LogP contribution in [0.2, 0.25) is 0 Å². The molecule has 0 fully saturated rings. The van der Waals surface area contributed by atoms with Crippen LogP contribution >= 0.6 is 0 Å². The van der Waals surface area contributed by atoms with Crippen molar-refractivity contribution < 1.29 is 29.4 Å². The van der Waals surface area contributed by atoms with Gasteiger partial charge in [-0.25, -0.2) is 4.79 Å². The lowest BCUT2D eigenvalue weighted by molar-refractivity contribution is -0.147. The van der Waals surface area contributed by atoms with E-state index < -0.39 is 48.8 Å². The summed E-state index contributed by atoms with van der Waals surface area (Å²) in [6.45, 7) is 3.19. The number of hydrogen-bond donors (Lipinski definition) is 5. The van der Waals surface area contributed by atoms with Crippen LogP contribution in [0.25, 0.3) is 0 Å². The van der Waals surface area contributed by atoms with Gasteiger partial charge >= 0.3 is 11.9 Å². The number of nitrogens with one attached hydrogen (secondary N) is 2. The molecule has 21 heavy (non-hydrogen) atoms. The lowest BCUT2D eigenvalue weighted by atomic mass is 9.99. The van der Waals surface area contributed by atoms with Crippen LogP contribution in [-0.4, -0.2) is 52.6 Å². The largest absolute Gasteiger partial charge is 0.481 e. The van der Waals surface area contributed by atoms with E-state index in [1.165, 1.54) is 0 Å². The Morgan fingerprint density at radius 2 is 1.76 bits per heavy atom. The van der Waals surface area contributed by atoms with Crippen LogP contribution in [0.1, 0.15) is 26.7 Å². The zero-order valence-electron chi connectivity index (χ0n) is 12.0. The summed E-state index contributed by atoms with van der Waals surface area (Å²) in [5.41, 5.74) is 5.66. The van der Waals surface area contributed by atoms with Crippen LogP contribution < -0.4 is 16.4 Å². The highest BCUT2D eigenvalue weighted by molar-refractivity contribution is 5.90. The van der Waals surface area contributed by atoms with E-state index in [2.05, 4.69) is 5.32 Å². The molecule has 9 heteroatoms. The fourth-order valence-corrected chi connectivity index (χ4v) is 1.42. The lowest BCUT2D eigenvalue weighted by Crippen LogP contribution is -2.50. The number of carboxylic acid groups (broad SMARTS) is 2. The molecule has 0 spiro atoms. The quantitative estimate of drug-likeness (QED) is 0.347. The molecule has 0 saturated carbocycles. The molecule has 0 aliphatic rings. The van der Waals surface area contributed by atoms with Crippen LogP contribution in [0.15, 0.2) is 0 Å². The first-order chi connectivity index (χ1) is 9.68. The van der Waals surface area contributed by atoms with E-state index >= 15 is 0 Å². The molecular weight excluding hydrogens is 282 g/mol. The lowest BCUT2D eigenvalue weighted by Gasteiger charge is -2.18. The Morgan fingerprint density at radius 1 is 1.19 bits per heavy atom. The zero-order valence-corrected chi connectivity index (χ0v) is 12.0. The Morgan fingerprint density at radius 3 is 2.19 bits per heavy atom. The Labute approximate surface area is 121 Å². The molecule has 0 bridgehead atoms. The molecule has 0 aliphatic heterocycles. The molecule has 0 radical (unpaired) electrons. The van der Waals surface area contributed by atoms with Gasteiger partial charge in [-0.2, -0.15) is 0 Å². The van der Waals surface area contributed by atoms with Crippen molar-refractivity contribution in [1.82, 2.24) is 10.6 Å². The minimum Gasteiger partial charge on any atom is -0.481 e. The number of hydrogen-bond acceptors (Lipinski definition) is 5. The topological polar surface area (TPSA) is 159 Å². The van der Waals surface area contributed by atoms with Crippen LogP contribution in [0.3, 0.4) is 0 Å². The predicted octanol–water partition coefficient (Wildman–Crippen LogP) is -1.48. The molecular formula is C12H21N3O6. The van der Waals surface area contributed by atoms with Gasteiger partial charge in [-0.05, 0) is 5.92 Å². The predicted molar refractivity (Wildman–Crippen MR) is 72.3 cm³/mol. The number of nitrogens with two attached hydrogens (primary N) is 1. The van der Waals surface area contributed by atoms with E-state index in [4.69, 9.17) is 15.9 Å². The number of aliphatic carboxylic acids is 2. The van der Waals surface area contributed by atoms with E-state index in [-0.39, 0.29) is 5.92 Å². The first kappa shape index (κ1) is 18.8. The molecule has 3 atom stereocenters. The summed E-state index contributed by atoms with van der Waals surface area (Å²) < 4.78 is 0. The van der Waals surface area contributed by atoms with Gasteiger partial charge in [0, 0.05) is 0 Å². The van der Waals surface area contributed by atoms with E-state index in [1.807, 2.05) is 12.2 Å². The fraction of sp³-hybridized carbons (Fsp3) is 0.667. The normalized spacial score (nSPS) is 14.6. The number of carbonyl (C=O) groups excluding carboxylic acids is 2. The Kier molecular flexibility index (Phi) is 7.99. The summed E-state index contributed by atoms with van der Waals surface area (Å²) in [4.78, 5) is 44.3. The average Bonchev–Trinajstić information content (AvgIpc) is 2.41. The van der Waals surface area contributed by atoms with Crippen LogP contribution in [0, 0.1) is 5.92 Å². The summed E-state index contributed by atoms with van der Waals surface area (Å²) in [6, 6.07) is -2.31. The van der Waals surface area contributed by atoms with E-state index in [9.17, 15) is 19.2 Å². The minimum absolute atomic E-state index is 0.0631. The second-order valence-electron chi connectivity index (χ2n) is 4.69. The monoisotopic (exact) mass is 303 g/mol. The molecule has 0 aromatic rings. The van der Waals surface area contributed by atoms with E-state index in [0.29, 0.717) is 6.42 Å². The molecule has 1 unspecified atom stereocenters. The number of amides is 2. The van der Waals surface area contributed by atoms with Gasteiger partial charge in [0.2, 0.25) is 11.8 Å². The van der Waals surface area contributed by atoms with Crippen molar-refractivity contribution in [2.75, 3.05) is 6.54 Å². The molecule has 2 amide bonds. The first-order valence-electron chi connectivity index (χ1n) is 6.46. The molecule has 0 saturated heterocycles. The van der Waals surface area contributed by atoms with E-state index in [0.717, 1.165) is 0 Å². The summed E-state index contributed by atoms with van der Waals surface area (Å²) >= 11 is 0. The smallest absolute Gasteiger partial charge is 0.326 e. The van der Waals surface area contributed by atoms with Crippen molar-refractivity contribution in [2.24, 2.45) is 11.7 Å². The average molecular weight is 303 g/mol. The van der Waals surface area contributed by atoms with Gasteiger partial charge in [0.15, 0.2) is 0 Å². The number of carbonyl (C=O) groups is 4. The van der Waals surface area contributed by atoms with Crippen molar-refractivity contribution in [1.29, 1.82) is 0 Å². The molecule has 0 aromatic carbocycles. The Bertz CT molecular complexity index is 412. The summed E-state index contributed by atoms with van der Waals surface area (Å²) in [7, 11) is 0. The first-order valence-corrected chi connectivity index (χ1v) is 6.46. The van der Waals surface area contributed by atoms with Crippen molar-refractivity contribution in [3.8, 4) is 0 Å². The van der Waals surface area contributed by atoms with Gasteiger partial charge in [-0.1, -0.05) is 20.3 Å². The molecule has 9 nitrogen and oxygen atoms in total. The highest BCUT2D eigenvalue weighted by Gasteiger charge is 2.24. The van der Waals surface area contributed by atoms with Crippen LogP contribution in [0.5, 0.6) is 0 Å². The van der Waals surface area contributed by atoms with Gasteiger partial charge in [0.05, 0.1) is 19.0 Å². The van der Waals surface area contributed by atoms with Crippen molar-refractivity contribution in [2.45, 2.75) is 38.8 Å². The maximum Gasteiger partial charge on any atom is 0.326 e. The summed E-state index contributed by atoms with van der Waals surface area (Å²) in [5.74, 6) is -4.20. The van der Waals surface area contributed by atoms with Crippen molar-refractivity contribution in [3.63, 3.8) is 0 Å². The standard InChI is InChI=1S/C12H21N3O6/c1-3-6(2)10(13)11(19)14-5-8(16)15-7(12(20)21)4-9(17)18/h6-7,10H,3-5,13H2,1-2H3,(H,14,19)(H,15,16)(H,17,18)(H,20,21)/t6-,7?,10-/m1/s1. The van der Waals surface area contributed by atoms with Gasteiger partial charge in [0.25, 0.3) is 0 Å². The molecule has 0 heterocycles. The summed E-state index contributed by atoms with van der Waals surface area (Å²) in [6.07, 6.45) is -0.0537. The molecule has 0 aliphatic carbocycles. The maximum atomic E-state index is 11.6. The van der Waals surface area contributed by atoms with Crippen molar-refractivity contribution in [3.05, 3.63) is 0 Å². The number of rotatable bonds is 9. The van der Waals surface area contributed by atoms with Gasteiger partial charge in [-0.15, -0.1) is 0 Å². The molecule has 6 N–H and O–H groups in total. The van der Waals surface area contributed by atoms with Crippen molar-refractivity contribution >= 4 is 23.8 Å². The van der Waals surface area contributed by atoms with Gasteiger partial charge in [0.1, 0.15) is 6.04 Å². The highest BCUT2D eigenvalue weighted by Crippen LogP contribution is 2.04. The SMILES string of the molecule is CC[C@@H](C)[C@@H](N)C(=O)NCC(=O)NC(CC(=O)O)C(=O)O. The third-order valence-electron chi connectivity index (χ3n) is 2.99. The fourth-order valence-electron chi connectivity index (χ4n) is 1.42. The second-order valence-corrected chi connectivity index (χ2v) is 4.69. The zero-order chi connectivity index (χ0) is 16.6. The molecule has 0 rings (SSSR count). The second kappa shape index (κ2) is 8.90. The third-order valence-corrected chi connectivity index (χ3v) is 2.99. The van der Waals surface area contributed by atoms with Gasteiger partial charge in [-0.3, -0.25) is 14.4 Å². The minimum atomic E-state index is -1.55.